The van der Waals surface area contributed by atoms with Crippen LogP contribution in [0.5, 0.6) is 5.75 Å². The number of aryl methyl sites for hydroxylation is 1. The fourth-order valence-corrected chi connectivity index (χ4v) is 1.55. The highest BCUT2D eigenvalue weighted by Crippen LogP contribution is 2.24. The topological polar surface area (TPSA) is 56.9 Å². The van der Waals surface area contributed by atoms with E-state index in [4.69, 9.17) is 5.26 Å². The van der Waals surface area contributed by atoms with Gasteiger partial charge in [-0.25, -0.2) is 0 Å². The molecule has 3 nitrogen and oxygen atoms in total. The third-order valence-corrected chi connectivity index (χ3v) is 2.42. The molecule has 1 aromatic heterocycles. The molecule has 0 unspecified atom stereocenters. The van der Waals surface area contributed by atoms with E-state index in [0.717, 1.165) is 11.1 Å². The summed E-state index contributed by atoms with van der Waals surface area (Å²) in [7, 11) is 0. The minimum absolute atomic E-state index is 0.0835. The zero-order valence-corrected chi connectivity index (χ0v) is 8.81. The van der Waals surface area contributed by atoms with Gasteiger partial charge in [-0.1, -0.05) is 24.3 Å². The first-order valence-electron chi connectivity index (χ1n) is 4.87. The van der Waals surface area contributed by atoms with Crippen LogP contribution < -0.4 is 0 Å². The Bertz CT molecular complexity index is 570. The molecule has 78 valence electrons. The molecule has 3 heteroatoms. The van der Waals surface area contributed by atoms with Crippen LogP contribution in [0.4, 0.5) is 0 Å². The van der Waals surface area contributed by atoms with E-state index in [2.05, 4.69) is 4.98 Å². The van der Waals surface area contributed by atoms with Crippen LogP contribution in [0.25, 0.3) is 11.3 Å². The van der Waals surface area contributed by atoms with E-state index in [9.17, 15) is 5.11 Å². The van der Waals surface area contributed by atoms with Gasteiger partial charge in [0.2, 0.25) is 0 Å². The van der Waals surface area contributed by atoms with Crippen LogP contribution in [0, 0.1) is 18.3 Å². The number of hydrogen-bond acceptors (Lipinski definition) is 3. The van der Waals surface area contributed by atoms with Crippen molar-refractivity contribution in [2.45, 2.75) is 6.92 Å². The molecule has 0 amide bonds. The van der Waals surface area contributed by atoms with Gasteiger partial charge in [0.25, 0.3) is 0 Å². The third-order valence-electron chi connectivity index (χ3n) is 2.42. The lowest BCUT2D eigenvalue weighted by atomic mass is 10.0. The summed E-state index contributed by atoms with van der Waals surface area (Å²) in [5.74, 6) is -0.0835. The van der Waals surface area contributed by atoms with Gasteiger partial charge < -0.3 is 5.11 Å². The maximum Gasteiger partial charge on any atom is 0.151 e. The molecule has 0 atom stereocenters. The predicted molar refractivity (Wildman–Crippen MR) is 60.8 cm³/mol. The summed E-state index contributed by atoms with van der Waals surface area (Å²) >= 11 is 0. The molecule has 0 radical (unpaired) electrons. The Hall–Kier alpha value is -2.34. The van der Waals surface area contributed by atoms with Gasteiger partial charge in [0, 0.05) is 5.56 Å². The average Bonchev–Trinajstić information content (AvgIpc) is 2.31. The molecule has 0 aliphatic rings. The highest BCUT2D eigenvalue weighted by Gasteiger charge is 2.06. The van der Waals surface area contributed by atoms with Gasteiger partial charge in [0.15, 0.2) is 5.75 Å². The molecular formula is C13H10N2O. The van der Waals surface area contributed by atoms with E-state index in [0.29, 0.717) is 5.69 Å². The Morgan fingerprint density at radius 2 is 2.06 bits per heavy atom. The van der Waals surface area contributed by atoms with Crippen molar-refractivity contribution in [3.05, 3.63) is 47.7 Å². The van der Waals surface area contributed by atoms with Crippen LogP contribution in [0.2, 0.25) is 0 Å². The molecule has 0 aliphatic heterocycles. The fraction of sp³-hybridized carbons (Fsp3) is 0.0769. The zero-order valence-electron chi connectivity index (χ0n) is 8.81. The minimum atomic E-state index is -0.0835. The van der Waals surface area contributed by atoms with Crippen molar-refractivity contribution in [3.63, 3.8) is 0 Å². The molecule has 1 heterocycles. The molecule has 2 aromatic rings. The molecule has 1 N–H and O–H groups in total. The Labute approximate surface area is 93.6 Å². The second-order valence-corrected chi connectivity index (χ2v) is 3.51. The summed E-state index contributed by atoms with van der Waals surface area (Å²) in [4.78, 5) is 4.12. The van der Waals surface area contributed by atoms with Gasteiger partial charge in [-0.05, 0) is 18.6 Å². The third kappa shape index (κ3) is 1.73. The van der Waals surface area contributed by atoms with Crippen molar-refractivity contribution < 1.29 is 5.11 Å². The van der Waals surface area contributed by atoms with Crippen molar-refractivity contribution in [2.24, 2.45) is 0 Å². The SMILES string of the molecule is Cc1ccccc1-c1cc(C#N)c(O)cn1. The van der Waals surface area contributed by atoms with E-state index >= 15 is 0 Å². The molecule has 0 bridgehead atoms. The maximum atomic E-state index is 9.37. The largest absolute Gasteiger partial charge is 0.505 e. The summed E-state index contributed by atoms with van der Waals surface area (Å²) in [5.41, 5.74) is 3.00. The number of benzene rings is 1. The van der Waals surface area contributed by atoms with E-state index in [-0.39, 0.29) is 11.3 Å². The molecule has 0 fully saturated rings. The van der Waals surface area contributed by atoms with Gasteiger partial charge in [0.05, 0.1) is 17.5 Å². The van der Waals surface area contributed by atoms with Gasteiger partial charge in [0.1, 0.15) is 6.07 Å². The van der Waals surface area contributed by atoms with Crippen molar-refractivity contribution >= 4 is 0 Å². The van der Waals surface area contributed by atoms with Crippen LogP contribution >= 0.6 is 0 Å². The second-order valence-electron chi connectivity index (χ2n) is 3.51. The van der Waals surface area contributed by atoms with Crippen molar-refractivity contribution in [2.75, 3.05) is 0 Å². The fourth-order valence-electron chi connectivity index (χ4n) is 1.55. The minimum Gasteiger partial charge on any atom is -0.505 e. The van der Waals surface area contributed by atoms with E-state index in [1.165, 1.54) is 6.20 Å². The Morgan fingerprint density at radius 1 is 1.31 bits per heavy atom. The molecule has 16 heavy (non-hydrogen) atoms. The summed E-state index contributed by atoms with van der Waals surface area (Å²) in [5, 5.41) is 18.2. The summed E-state index contributed by atoms with van der Waals surface area (Å²) in [6.07, 6.45) is 1.31. The lowest BCUT2D eigenvalue weighted by Crippen LogP contribution is -1.88. The number of nitrogens with zero attached hydrogens (tertiary/aromatic N) is 2. The lowest BCUT2D eigenvalue weighted by molar-refractivity contribution is 0.471. The van der Waals surface area contributed by atoms with Gasteiger partial charge in [-0.15, -0.1) is 0 Å². The lowest BCUT2D eigenvalue weighted by Gasteiger charge is -2.05. The first-order valence-corrected chi connectivity index (χ1v) is 4.87. The molecular weight excluding hydrogens is 200 g/mol. The standard InChI is InChI=1S/C13H10N2O/c1-9-4-2-3-5-11(9)12-6-10(7-14)13(16)8-15-12/h2-6,8,16H,1H3. The summed E-state index contributed by atoms with van der Waals surface area (Å²) in [6.45, 7) is 1.98. The number of nitriles is 1. The van der Waals surface area contributed by atoms with Crippen LogP contribution in [0.3, 0.4) is 0 Å². The first kappa shape index (κ1) is 10.2. The van der Waals surface area contributed by atoms with Gasteiger partial charge in [-0.3, -0.25) is 4.98 Å². The van der Waals surface area contributed by atoms with Crippen LogP contribution in [0.1, 0.15) is 11.1 Å². The predicted octanol–water partition coefficient (Wildman–Crippen LogP) is 2.63. The van der Waals surface area contributed by atoms with E-state index < -0.39 is 0 Å². The summed E-state index contributed by atoms with van der Waals surface area (Å²) in [6, 6.07) is 11.3. The average molecular weight is 210 g/mol. The molecule has 0 aliphatic carbocycles. The van der Waals surface area contributed by atoms with E-state index in [1.807, 2.05) is 37.3 Å². The van der Waals surface area contributed by atoms with Crippen molar-refractivity contribution in [1.29, 1.82) is 5.26 Å². The maximum absolute atomic E-state index is 9.37. The van der Waals surface area contributed by atoms with Crippen LogP contribution in [-0.2, 0) is 0 Å². The highest BCUT2D eigenvalue weighted by atomic mass is 16.3. The number of hydrogen-bond donors (Lipinski definition) is 1. The molecule has 2 rings (SSSR count). The Balaban J connectivity index is 2.59. The number of aromatic nitrogens is 1. The smallest absolute Gasteiger partial charge is 0.151 e. The molecule has 0 saturated carbocycles. The summed E-state index contributed by atoms with van der Waals surface area (Å²) < 4.78 is 0. The number of pyridine rings is 1. The van der Waals surface area contributed by atoms with Crippen molar-refractivity contribution in [3.8, 4) is 23.1 Å². The molecule has 0 saturated heterocycles. The highest BCUT2D eigenvalue weighted by molar-refractivity contribution is 5.65. The quantitative estimate of drug-likeness (QED) is 0.787. The van der Waals surface area contributed by atoms with Gasteiger partial charge >= 0.3 is 0 Å². The van der Waals surface area contributed by atoms with Gasteiger partial charge in [-0.2, -0.15) is 5.26 Å². The second kappa shape index (κ2) is 4.03. The number of rotatable bonds is 1. The first-order chi connectivity index (χ1) is 7.72. The Kier molecular flexibility index (Phi) is 2.57. The van der Waals surface area contributed by atoms with E-state index in [1.54, 1.807) is 6.07 Å². The Morgan fingerprint density at radius 3 is 2.75 bits per heavy atom. The van der Waals surface area contributed by atoms with Crippen LogP contribution in [-0.4, -0.2) is 10.1 Å². The number of aromatic hydroxyl groups is 1. The van der Waals surface area contributed by atoms with Crippen molar-refractivity contribution in [1.82, 2.24) is 4.98 Å². The van der Waals surface area contributed by atoms with Crippen LogP contribution in [0.15, 0.2) is 36.5 Å². The monoisotopic (exact) mass is 210 g/mol. The zero-order chi connectivity index (χ0) is 11.5. The molecule has 1 aromatic carbocycles. The molecule has 0 spiro atoms. The normalized spacial score (nSPS) is 9.75.